The second-order valence-corrected chi connectivity index (χ2v) is 4.53. The van der Waals surface area contributed by atoms with Crippen molar-refractivity contribution in [3.8, 4) is 5.75 Å². The lowest BCUT2D eigenvalue weighted by Gasteiger charge is -2.17. The highest BCUT2D eigenvalue weighted by atomic mass is 32.1. The van der Waals surface area contributed by atoms with Crippen LogP contribution in [0, 0.1) is 0 Å². The molecule has 4 nitrogen and oxygen atoms in total. The van der Waals surface area contributed by atoms with Crippen LogP contribution in [0.2, 0.25) is 0 Å². The lowest BCUT2D eigenvalue weighted by Crippen LogP contribution is -2.30. The number of aliphatic hydroxyl groups is 1. The van der Waals surface area contributed by atoms with Crippen LogP contribution in [0.15, 0.2) is 24.3 Å². The van der Waals surface area contributed by atoms with Crippen LogP contribution in [0.3, 0.4) is 0 Å². The number of hydrogen-bond acceptors (Lipinski definition) is 4. The highest BCUT2D eigenvalue weighted by Gasteiger charge is 2.09. The van der Waals surface area contributed by atoms with Gasteiger partial charge in [-0.25, -0.2) is 0 Å². The summed E-state index contributed by atoms with van der Waals surface area (Å²) in [5.41, 5.74) is 6.28. The molecule has 1 aromatic carbocycles. The van der Waals surface area contributed by atoms with Crippen molar-refractivity contribution in [3.63, 3.8) is 0 Å². The third-order valence-electron chi connectivity index (χ3n) is 2.16. The molecule has 0 aliphatic heterocycles. The van der Waals surface area contributed by atoms with Crippen LogP contribution in [0.5, 0.6) is 5.75 Å². The Kier molecular flexibility index (Phi) is 5.34. The van der Waals surface area contributed by atoms with Crippen molar-refractivity contribution in [2.75, 3.05) is 27.2 Å². The van der Waals surface area contributed by atoms with Crippen molar-refractivity contribution >= 4 is 17.2 Å². The zero-order chi connectivity index (χ0) is 12.8. The van der Waals surface area contributed by atoms with Gasteiger partial charge in [-0.05, 0) is 26.2 Å². The predicted octanol–water partition coefficient (Wildman–Crippen LogP) is 0.622. The summed E-state index contributed by atoms with van der Waals surface area (Å²) in [4.78, 5) is 2.19. The van der Waals surface area contributed by atoms with Gasteiger partial charge in [0, 0.05) is 6.54 Å². The molecule has 0 aromatic heterocycles. The predicted molar refractivity (Wildman–Crippen MR) is 72.4 cm³/mol. The molecular formula is C12H18N2O2S. The van der Waals surface area contributed by atoms with Crippen LogP contribution >= 0.6 is 12.2 Å². The second-order valence-electron chi connectivity index (χ2n) is 4.09. The monoisotopic (exact) mass is 254 g/mol. The molecule has 1 aromatic rings. The third kappa shape index (κ3) is 4.68. The standard InChI is InChI=1S/C12H18N2O2S/c1-14(2)7-9(15)8-16-11-6-4-3-5-10(11)12(13)17/h3-6,9,15H,7-8H2,1-2H3,(H2,13,17). The molecule has 5 heteroatoms. The maximum Gasteiger partial charge on any atom is 0.129 e. The first kappa shape index (κ1) is 13.9. The lowest BCUT2D eigenvalue weighted by atomic mass is 10.2. The van der Waals surface area contributed by atoms with Gasteiger partial charge in [-0.1, -0.05) is 24.4 Å². The molecule has 1 unspecified atom stereocenters. The minimum absolute atomic E-state index is 0.220. The molecule has 94 valence electrons. The highest BCUT2D eigenvalue weighted by Crippen LogP contribution is 2.17. The van der Waals surface area contributed by atoms with Crippen LogP contribution in [0.4, 0.5) is 0 Å². The van der Waals surface area contributed by atoms with Gasteiger partial charge in [0.2, 0.25) is 0 Å². The maximum absolute atomic E-state index is 9.68. The number of ether oxygens (including phenoxy) is 1. The Morgan fingerprint density at radius 2 is 2.12 bits per heavy atom. The molecule has 0 bridgehead atoms. The van der Waals surface area contributed by atoms with E-state index in [9.17, 15) is 5.11 Å². The molecule has 0 spiro atoms. The first-order valence-corrected chi connectivity index (χ1v) is 5.76. The van der Waals surface area contributed by atoms with Crippen LogP contribution < -0.4 is 10.5 Å². The summed E-state index contributed by atoms with van der Waals surface area (Å²) in [5.74, 6) is 0.609. The molecule has 0 saturated heterocycles. The number of para-hydroxylation sites is 1. The minimum Gasteiger partial charge on any atom is -0.490 e. The van der Waals surface area contributed by atoms with Gasteiger partial charge in [-0.3, -0.25) is 0 Å². The maximum atomic E-state index is 9.68. The molecule has 0 radical (unpaired) electrons. The van der Waals surface area contributed by atoms with Crippen molar-refractivity contribution in [2.24, 2.45) is 5.73 Å². The second kappa shape index (κ2) is 6.54. The third-order valence-corrected chi connectivity index (χ3v) is 2.38. The average molecular weight is 254 g/mol. The van der Waals surface area contributed by atoms with E-state index in [1.807, 2.05) is 31.1 Å². The normalized spacial score (nSPS) is 12.5. The van der Waals surface area contributed by atoms with Gasteiger partial charge in [0.05, 0.1) is 5.56 Å². The van der Waals surface area contributed by atoms with E-state index in [1.54, 1.807) is 12.1 Å². The summed E-state index contributed by atoms with van der Waals surface area (Å²) in [5, 5.41) is 9.68. The number of nitrogens with zero attached hydrogens (tertiary/aromatic N) is 1. The van der Waals surface area contributed by atoms with Crippen LogP contribution in [0.1, 0.15) is 5.56 Å². The molecule has 1 rings (SSSR count). The fraction of sp³-hybridized carbons (Fsp3) is 0.417. The van der Waals surface area contributed by atoms with Crippen molar-refractivity contribution in [1.29, 1.82) is 0 Å². The van der Waals surface area contributed by atoms with Crippen LogP contribution in [-0.4, -0.2) is 48.3 Å². The minimum atomic E-state index is -0.538. The first-order valence-electron chi connectivity index (χ1n) is 5.35. The van der Waals surface area contributed by atoms with E-state index in [2.05, 4.69) is 0 Å². The van der Waals surface area contributed by atoms with Gasteiger partial charge in [0.15, 0.2) is 0 Å². The summed E-state index contributed by atoms with van der Waals surface area (Å²) in [6, 6.07) is 7.28. The van der Waals surface area contributed by atoms with Crippen LogP contribution in [0.25, 0.3) is 0 Å². The Balaban J connectivity index is 2.60. The first-order chi connectivity index (χ1) is 8.00. The summed E-state index contributed by atoms with van der Waals surface area (Å²) < 4.78 is 5.52. The van der Waals surface area contributed by atoms with E-state index in [1.165, 1.54) is 0 Å². The Morgan fingerprint density at radius 1 is 1.47 bits per heavy atom. The quantitative estimate of drug-likeness (QED) is 0.729. The van der Waals surface area contributed by atoms with Crippen molar-refractivity contribution in [3.05, 3.63) is 29.8 Å². The fourth-order valence-corrected chi connectivity index (χ4v) is 1.62. The van der Waals surface area contributed by atoms with E-state index >= 15 is 0 Å². The highest BCUT2D eigenvalue weighted by molar-refractivity contribution is 7.80. The van der Waals surface area contributed by atoms with Gasteiger partial charge in [0.1, 0.15) is 23.4 Å². The largest absolute Gasteiger partial charge is 0.490 e. The molecule has 0 aliphatic rings. The van der Waals surface area contributed by atoms with Gasteiger partial charge in [-0.15, -0.1) is 0 Å². The van der Waals surface area contributed by atoms with Gasteiger partial charge < -0.3 is 20.5 Å². The fourth-order valence-electron chi connectivity index (χ4n) is 1.46. The number of thiocarbonyl (C=S) groups is 1. The number of likely N-dealkylation sites (N-methyl/N-ethyl adjacent to an activating group) is 1. The molecule has 1 atom stereocenters. The molecule has 0 fully saturated rings. The number of hydrogen-bond donors (Lipinski definition) is 2. The molecule has 0 saturated carbocycles. The number of rotatable bonds is 6. The van der Waals surface area contributed by atoms with Gasteiger partial charge >= 0.3 is 0 Å². The molecule has 0 heterocycles. The van der Waals surface area contributed by atoms with Crippen molar-refractivity contribution in [2.45, 2.75) is 6.10 Å². The summed E-state index contributed by atoms with van der Waals surface area (Å²) >= 11 is 4.93. The zero-order valence-corrected chi connectivity index (χ0v) is 10.9. The topological polar surface area (TPSA) is 58.7 Å². The van der Waals surface area contributed by atoms with E-state index in [0.29, 0.717) is 22.8 Å². The Hall–Kier alpha value is -1.17. The van der Waals surface area contributed by atoms with E-state index in [0.717, 1.165) is 0 Å². The van der Waals surface area contributed by atoms with E-state index < -0.39 is 6.10 Å². The Bertz CT molecular complexity index is 383. The number of benzene rings is 1. The van der Waals surface area contributed by atoms with Crippen LogP contribution in [-0.2, 0) is 0 Å². The Morgan fingerprint density at radius 3 is 2.71 bits per heavy atom. The molecule has 17 heavy (non-hydrogen) atoms. The smallest absolute Gasteiger partial charge is 0.129 e. The van der Waals surface area contributed by atoms with Gasteiger partial charge in [0.25, 0.3) is 0 Å². The summed E-state index contributed by atoms with van der Waals surface area (Å²) in [7, 11) is 3.79. The van der Waals surface area contributed by atoms with Crippen molar-refractivity contribution < 1.29 is 9.84 Å². The van der Waals surface area contributed by atoms with Crippen molar-refractivity contribution in [1.82, 2.24) is 4.90 Å². The number of nitrogens with two attached hydrogens (primary N) is 1. The SMILES string of the molecule is CN(C)CC(O)COc1ccccc1C(N)=S. The molecular weight excluding hydrogens is 236 g/mol. The molecule has 0 aliphatic carbocycles. The zero-order valence-electron chi connectivity index (χ0n) is 10.1. The van der Waals surface area contributed by atoms with E-state index in [4.69, 9.17) is 22.7 Å². The van der Waals surface area contributed by atoms with E-state index in [-0.39, 0.29) is 6.61 Å². The average Bonchev–Trinajstić information content (AvgIpc) is 2.25. The molecule has 0 amide bonds. The summed E-state index contributed by atoms with van der Waals surface area (Å²) in [6.07, 6.45) is -0.538. The summed E-state index contributed by atoms with van der Waals surface area (Å²) in [6.45, 7) is 0.771. The van der Waals surface area contributed by atoms with Gasteiger partial charge in [-0.2, -0.15) is 0 Å². The molecule has 3 N–H and O–H groups in total. The lowest BCUT2D eigenvalue weighted by molar-refractivity contribution is 0.0830. The Labute approximate surface area is 107 Å². The number of aliphatic hydroxyl groups excluding tert-OH is 1.